The molecule has 9 heteroatoms. The van der Waals surface area contributed by atoms with Crippen LogP contribution in [0.4, 0.5) is 5.69 Å². The summed E-state index contributed by atoms with van der Waals surface area (Å²) in [5.74, 6) is 0.366. The number of nitrogens with zero attached hydrogens (tertiary/aromatic N) is 2. The minimum absolute atomic E-state index is 0.0266. The Balaban J connectivity index is 1.56. The number of methoxy groups -OCH3 is 1. The van der Waals surface area contributed by atoms with Crippen molar-refractivity contribution >= 4 is 35.2 Å². The Morgan fingerprint density at radius 2 is 1.91 bits per heavy atom. The molecule has 0 aromatic heterocycles. The van der Waals surface area contributed by atoms with Crippen LogP contribution in [0.2, 0.25) is 5.02 Å². The lowest BCUT2D eigenvalue weighted by atomic mass is 10.1. The molecule has 0 aliphatic carbocycles. The molecule has 0 saturated carbocycles. The van der Waals surface area contributed by atoms with E-state index in [1.807, 2.05) is 31.2 Å². The van der Waals surface area contributed by atoms with E-state index in [2.05, 4.69) is 4.99 Å². The lowest BCUT2D eigenvalue weighted by Crippen LogP contribution is -2.06. The summed E-state index contributed by atoms with van der Waals surface area (Å²) in [6.45, 7) is 2.41. The number of ether oxygens (including phenoxy) is 3. The fourth-order valence-corrected chi connectivity index (χ4v) is 3.55. The number of carbonyl (C=O) groups is 1. The Labute approximate surface area is 200 Å². The predicted octanol–water partition coefficient (Wildman–Crippen LogP) is 5.49. The van der Waals surface area contributed by atoms with E-state index in [9.17, 15) is 14.9 Å². The van der Waals surface area contributed by atoms with Gasteiger partial charge in [0, 0.05) is 12.1 Å². The summed E-state index contributed by atoms with van der Waals surface area (Å²) in [5, 5.41) is 11.0. The molecule has 0 saturated heterocycles. The van der Waals surface area contributed by atoms with Crippen LogP contribution in [0.5, 0.6) is 11.5 Å². The first-order valence-electron chi connectivity index (χ1n) is 10.2. The van der Waals surface area contributed by atoms with Crippen molar-refractivity contribution in [3.05, 3.63) is 104 Å². The van der Waals surface area contributed by atoms with Crippen molar-refractivity contribution in [2.75, 3.05) is 7.11 Å². The smallest absolute Gasteiger partial charge is 0.363 e. The quantitative estimate of drug-likeness (QED) is 0.193. The molecule has 0 amide bonds. The monoisotopic (exact) mass is 478 g/mol. The first-order chi connectivity index (χ1) is 16.4. The topological polar surface area (TPSA) is 100 Å². The maximum absolute atomic E-state index is 12.3. The molecule has 3 aromatic rings. The van der Waals surface area contributed by atoms with Gasteiger partial charge in [-0.25, -0.2) is 9.79 Å². The van der Waals surface area contributed by atoms with E-state index < -0.39 is 10.9 Å². The van der Waals surface area contributed by atoms with Crippen LogP contribution in [-0.4, -0.2) is 23.9 Å². The van der Waals surface area contributed by atoms with Gasteiger partial charge in [0.1, 0.15) is 6.61 Å². The van der Waals surface area contributed by atoms with Crippen molar-refractivity contribution in [3.63, 3.8) is 0 Å². The van der Waals surface area contributed by atoms with Crippen molar-refractivity contribution < 1.29 is 23.9 Å². The lowest BCUT2D eigenvalue weighted by Gasteiger charge is -2.12. The molecular formula is C25H19ClN2O6. The van der Waals surface area contributed by atoms with Crippen molar-refractivity contribution in [1.82, 2.24) is 0 Å². The van der Waals surface area contributed by atoms with Gasteiger partial charge in [-0.2, -0.15) is 0 Å². The number of nitro groups is 1. The SMILES string of the molecule is COc1cc(/C=C2\N=C(c3ccc([N+](=O)[O-])cc3Cl)OC2=O)ccc1OCc1ccccc1C. The second-order valence-electron chi connectivity index (χ2n) is 7.38. The highest BCUT2D eigenvalue weighted by atomic mass is 35.5. The molecule has 172 valence electrons. The average molecular weight is 479 g/mol. The number of halogens is 1. The number of hydrogen-bond donors (Lipinski definition) is 0. The summed E-state index contributed by atoms with van der Waals surface area (Å²) in [4.78, 5) is 26.9. The zero-order valence-corrected chi connectivity index (χ0v) is 19.0. The number of hydrogen-bond acceptors (Lipinski definition) is 7. The van der Waals surface area contributed by atoms with Gasteiger partial charge in [0.2, 0.25) is 5.90 Å². The van der Waals surface area contributed by atoms with Crippen LogP contribution in [0.1, 0.15) is 22.3 Å². The summed E-state index contributed by atoms with van der Waals surface area (Å²) in [7, 11) is 1.53. The van der Waals surface area contributed by atoms with Crippen LogP contribution < -0.4 is 9.47 Å². The van der Waals surface area contributed by atoms with Crippen molar-refractivity contribution in [2.45, 2.75) is 13.5 Å². The van der Waals surface area contributed by atoms with E-state index >= 15 is 0 Å². The predicted molar refractivity (Wildman–Crippen MR) is 127 cm³/mol. The van der Waals surface area contributed by atoms with Crippen molar-refractivity contribution in [1.29, 1.82) is 0 Å². The molecule has 4 rings (SSSR count). The largest absolute Gasteiger partial charge is 0.493 e. The van der Waals surface area contributed by atoms with E-state index in [1.165, 1.54) is 25.3 Å². The van der Waals surface area contributed by atoms with Gasteiger partial charge < -0.3 is 14.2 Å². The minimum atomic E-state index is -0.664. The zero-order valence-electron chi connectivity index (χ0n) is 18.3. The van der Waals surface area contributed by atoms with E-state index in [0.29, 0.717) is 23.7 Å². The fourth-order valence-electron chi connectivity index (χ4n) is 3.29. The van der Waals surface area contributed by atoms with Gasteiger partial charge in [-0.1, -0.05) is 41.9 Å². The normalized spacial score (nSPS) is 14.0. The highest BCUT2D eigenvalue weighted by Crippen LogP contribution is 2.31. The number of esters is 1. The fraction of sp³-hybridized carbons (Fsp3) is 0.120. The molecule has 0 N–H and O–H groups in total. The molecule has 1 heterocycles. The Kier molecular flexibility index (Phi) is 6.60. The molecular weight excluding hydrogens is 460 g/mol. The first kappa shape index (κ1) is 23.0. The van der Waals surface area contributed by atoms with Crippen molar-refractivity contribution in [2.24, 2.45) is 4.99 Å². The lowest BCUT2D eigenvalue weighted by molar-refractivity contribution is -0.384. The highest BCUT2D eigenvalue weighted by molar-refractivity contribution is 6.34. The number of carbonyl (C=O) groups excluding carboxylic acids is 1. The van der Waals surface area contributed by atoms with E-state index in [-0.39, 0.29) is 27.9 Å². The number of cyclic esters (lactones) is 1. The van der Waals surface area contributed by atoms with Crippen molar-refractivity contribution in [3.8, 4) is 11.5 Å². The average Bonchev–Trinajstić information content (AvgIpc) is 3.18. The van der Waals surface area contributed by atoms with E-state index in [0.717, 1.165) is 11.1 Å². The number of benzene rings is 3. The van der Waals surface area contributed by atoms with Crippen LogP contribution in [-0.2, 0) is 16.1 Å². The number of aryl methyl sites for hydroxylation is 1. The molecule has 3 aromatic carbocycles. The third kappa shape index (κ3) is 4.92. The summed E-state index contributed by atoms with van der Waals surface area (Å²) in [6, 6.07) is 17.0. The number of nitro benzene ring substituents is 1. The van der Waals surface area contributed by atoms with Crippen LogP contribution in [0.25, 0.3) is 6.08 Å². The molecule has 0 spiro atoms. The zero-order chi connectivity index (χ0) is 24.2. The molecule has 0 fully saturated rings. The van der Waals surface area contributed by atoms with Gasteiger partial charge in [0.25, 0.3) is 5.69 Å². The summed E-state index contributed by atoms with van der Waals surface area (Å²) in [6.07, 6.45) is 1.54. The molecule has 0 radical (unpaired) electrons. The number of rotatable bonds is 7. The van der Waals surface area contributed by atoms with Crippen LogP contribution in [0, 0.1) is 17.0 Å². The summed E-state index contributed by atoms with van der Waals surface area (Å²) >= 11 is 6.12. The van der Waals surface area contributed by atoms with Gasteiger partial charge >= 0.3 is 5.97 Å². The van der Waals surface area contributed by atoms with Gasteiger partial charge in [-0.05, 0) is 47.9 Å². The van der Waals surface area contributed by atoms with Gasteiger partial charge in [-0.3, -0.25) is 10.1 Å². The molecule has 34 heavy (non-hydrogen) atoms. The number of non-ortho nitro benzene ring substituents is 1. The van der Waals surface area contributed by atoms with E-state index in [1.54, 1.807) is 24.3 Å². The molecule has 0 bridgehead atoms. The Bertz CT molecular complexity index is 1350. The standard InChI is InChI=1S/C25H19ClN2O6/c1-15-5-3-4-6-17(15)14-33-22-10-7-16(12-23(22)32-2)11-21-25(29)34-24(27-21)19-9-8-18(28(30)31)13-20(19)26/h3-13H,14H2,1-2H3/b21-11-. The van der Waals surface area contributed by atoms with Crippen LogP contribution in [0.3, 0.4) is 0 Å². The molecule has 0 atom stereocenters. The van der Waals surface area contributed by atoms with Gasteiger partial charge in [-0.15, -0.1) is 0 Å². The third-order valence-electron chi connectivity index (χ3n) is 5.15. The van der Waals surface area contributed by atoms with Crippen LogP contribution >= 0.6 is 11.6 Å². The second kappa shape index (κ2) is 9.76. The van der Waals surface area contributed by atoms with E-state index in [4.69, 9.17) is 25.8 Å². The maximum atomic E-state index is 12.3. The minimum Gasteiger partial charge on any atom is -0.493 e. The summed E-state index contributed by atoms with van der Waals surface area (Å²) in [5.41, 5.74) is 3.00. The number of aliphatic imine (C=N–C) groups is 1. The van der Waals surface area contributed by atoms with Crippen LogP contribution in [0.15, 0.2) is 71.4 Å². The Morgan fingerprint density at radius 1 is 1.12 bits per heavy atom. The maximum Gasteiger partial charge on any atom is 0.363 e. The molecule has 1 aliphatic rings. The second-order valence-corrected chi connectivity index (χ2v) is 7.79. The first-order valence-corrected chi connectivity index (χ1v) is 10.6. The third-order valence-corrected chi connectivity index (χ3v) is 5.46. The molecule has 0 unspecified atom stereocenters. The Hall–Kier alpha value is -4.17. The summed E-state index contributed by atoms with van der Waals surface area (Å²) < 4.78 is 16.6. The van der Waals surface area contributed by atoms with Gasteiger partial charge in [0.15, 0.2) is 17.2 Å². The molecule has 1 aliphatic heterocycles. The van der Waals surface area contributed by atoms with Gasteiger partial charge in [0.05, 0.1) is 22.6 Å². The molecule has 8 nitrogen and oxygen atoms in total. The Morgan fingerprint density at radius 3 is 2.62 bits per heavy atom. The highest BCUT2D eigenvalue weighted by Gasteiger charge is 2.26.